The molecule has 1 heterocycles. The molecule has 0 aromatic carbocycles. The molecule has 1 rings (SSSR count). The fourth-order valence-corrected chi connectivity index (χ4v) is 2.70. The Morgan fingerprint density at radius 3 is 2.42 bits per heavy atom. The summed E-state index contributed by atoms with van der Waals surface area (Å²) >= 11 is 0. The van der Waals surface area contributed by atoms with Gasteiger partial charge < -0.3 is 15.7 Å². The smallest absolute Gasteiger partial charge is 0.0963 e. The summed E-state index contributed by atoms with van der Waals surface area (Å²) in [6.45, 7) is 9.37. The van der Waals surface area contributed by atoms with Gasteiger partial charge >= 0.3 is 0 Å². The number of aliphatic hydroxyl groups is 1. The van der Waals surface area contributed by atoms with Crippen LogP contribution in [0.5, 0.6) is 0 Å². The van der Waals surface area contributed by atoms with Gasteiger partial charge in [0.1, 0.15) is 0 Å². The van der Waals surface area contributed by atoms with Gasteiger partial charge in [-0.3, -0.25) is 5.41 Å². The number of nitrogens with two attached hydrogens (primary N) is 1. The Balaban J connectivity index is 2.13. The topological polar surface area (TPSA) is 73.3 Å². The number of piperidine rings is 1. The number of aliphatic hydroxyl groups excluding tert-OH is 1. The van der Waals surface area contributed by atoms with Gasteiger partial charge in [0.05, 0.1) is 11.9 Å². The number of rotatable bonds is 7. The molecule has 0 amide bonds. The van der Waals surface area contributed by atoms with Crippen LogP contribution in [0.2, 0.25) is 0 Å². The molecule has 4 nitrogen and oxygen atoms in total. The number of nitrogens with one attached hydrogen (secondary N) is 1. The summed E-state index contributed by atoms with van der Waals surface area (Å²) in [5.41, 5.74) is 5.43. The summed E-state index contributed by atoms with van der Waals surface area (Å²) in [6.07, 6.45) is 5.39. The normalized spacial score (nSPS) is 20.4. The van der Waals surface area contributed by atoms with Gasteiger partial charge in [-0.25, -0.2) is 0 Å². The Kier molecular flexibility index (Phi) is 6.27. The van der Waals surface area contributed by atoms with Crippen LogP contribution in [0.15, 0.2) is 0 Å². The standard InChI is InChI=1S/C15H31N3O/c1-12(19)13-6-10-18(11-7-13)9-5-4-8-15(2,3)14(16)17/h12-13,19H,4-11H2,1-3H3,(H3,16,17). The second-order valence-electron chi connectivity index (χ2n) is 6.67. The highest BCUT2D eigenvalue weighted by Crippen LogP contribution is 2.24. The number of likely N-dealkylation sites (tertiary alicyclic amines) is 1. The third-order valence-corrected chi connectivity index (χ3v) is 4.57. The molecule has 1 fully saturated rings. The molecular formula is C15H31N3O. The van der Waals surface area contributed by atoms with Gasteiger partial charge in [-0.05, 0) is 58.2 Å². The summed E-state index contributed by atoms with van der Waals surface area (Å²) in [4.78, 5) is 2.50. The lowest BCUT2D eigenvalue weighted by Crippen LogP contribution is -2.37. The van der Waals surface area contributed by atoms with E-state index in [-0.39, 0.29) is 11.5 Å². The van der Waals surface area contributed by atoms with Gasteiger partial charge in [-0.1, -0.05) is 20.3 Å². The lowest BCUT2D eigenvalue weighted by molar-refractivity contribution is 0.0712. The fourth-order valence-electron chi connectivity index (χ4n) is 2.70. The highest BCUT2D eigenvalue weighted by atomic mass is 16.3. The molecule has 0 saturated carbocycles. The molecule has 4 N–H and O–H groups in total. The summed E-state index contributed by atoms with van der Waals surface area (Å²) in [7, 11) is 0. The first-order chi connectivity index (χ1) is 8.83. The van der Waals surface area contributed by atoms with Crippen molar-refractivity contribution in [2.45, 2.75) is 59.0 Å². The van der Waals surface area contributed by atoms with E-state index in [0.717, 1.165) is 45.3 Å². The molecule has 1 aliphatic heterocycles. The summed E-state index contributed by atoms with van der Waals surface area (Å²) in [5.74, 6) is 0.790. The van der Waals surface area contributed by atoms with Gasteiger partial charge in [-0.2, -0.15) is 0 Å². The average molecular weight is 269 g/mol. The molecule has 1 atom stereocenters. The highest BCUT2D eigenvalue weighted by Gasteiger charge is 2.23. The molecule has 0 spiro atoms. The third kappa shape index (κ3) is 5.49. The number of hydrogen-bond acceptors (Lipinski definition) is 3. The van der Waals surface area contributed by atoms with Crippen molar-refractivity contribution in [2.24, 2.45) is 17.1 Å². The number of amidine groups is 1. The molecule has 4 heteroatoms. The van der Waals surface area contributed by atoms with Crippen LogP contribution in [0.25, 0.3) is 0 Å². The van der Waals surface area contributed by atoms with Crippen molar-refractivity contribution >= 4 is 5.84 Å². The van der Waals surface area contributed by atoms with Crippen LogP contribution in [0.3, 0.4) is 0 Å². The molecule has 1 aliphatic rings. The Hall–Kier alpha value is -0.610. The van der Waals surface area contributed by atoms with Gasteiger partial charge in [-0.15, -0.1) is 0 Å². The van der Waals surface area contributed by atoms with E-state index in [1.54, 1.807) is 0 Å². The highest BCUT2D eigenvalue weighted by molar-refractivity contribution is 5.82. The first-order valence-electron chi connectivity index (χ1n) is 7.58. The second-order valence-corrected chi connectivity index (χ2v) is 6.67. The van der Waals surface area contributed by atoms with E-state index in [1.807, 2.05) is 20.8 Å². The molecule has 0 bridgehead atoms. The Morgan fingerprint density at radius 2 is 1.95 bits per heavy atom. The Bertz CT molecular complexity index is 281. The van der Waals surface area contributed by atoms with Crippen LogP contribution < -0.4 is 5.73 Å². The van der Waals surface area contributed by atoms with Gasteiger partial charge in [0.2, 0.25) is 0 Å². The van der Waals surface area contributed by atoms with E-state index < -0.39 is 0 Å². The van der Waals surface area contributed by atoms with Crippen molar-refractivity contribution in [1.29, 1.82) is 5.41 Å². The van der Waals surface area contributed by atoms with E-state index in [0.29, 0.717) is 11.8 Å². The molecule has 0 aliphatic carbocycles. The van der Waals surface area contributed by atoms with Crippen molar-refractivity contribution < 1.29 is 5.11 Å². The van der Waals surface area contributed by atoms with Crippen LogP contribution in [0.4, 0.5) is 0 Å². The maximum atomic E-state index is 9.57. The van der Waals surface area contributed by atoms with E-state index in [1.165, 1.54) is 6.42 Å². The van der Waals surface area contributed by atoms with Crippen LogP contribution >= 0.6 is 0 Å². The third-order valence-electron chi connectivity index (χ3n) is 4.57. The first-order valence-corrected chi connectivity index (χ1v) is 7.58. The predicted octanol–water partition coefficient (Wildman–Crippen LogP) is 2.21. The lowest BCUT2D eigenvalue weighted by Gasteiger charge is -2.33. The molecule has 1 unspecified atom stereocenters. The zero-order chi connectivity index (χ0) is 14.5. The average Bonchev–Trinajstić information content (AvgIpc) is 2.35. The Morgan fingerprint density at radius 1 is 1.37 bits per heavy atom. The van der Waals surface area contributed by atoms with Gasteiger partial charge in [0.15, 0.2) is 0 Å². The second kappa shape index (κ2) is 7.25. The maximum Gasteiger partial charge on any atom is 0.0963 e. The number of nitrogens with zero attached hydrogens (tertiary/aromatic N) is 1. The van der Waals surface area contributed by atoms with Crippen molar-refractivity contribution in [3.05, 3.63) is 0 Å². The van der Waals surface area contributed by atoms with Crippen molar-refractivity contribution in [3.8, 4) is 0 Å². The van der Waals surface area contributed by atoms with Crippen LogP contribution in [0.1, 0.15) is 52.9 Å². The van der Waals surface area contributed by atoms with Crippen molar-refractivity contribution in [2.75, 3.05) is 19.6 Å². The molecule has 0 radical (unpaired) electrons. The monoisotopic (exact) mass is 269 g/mol. The van der Waals surface area contributed by atoms with Crippen molar-refractivity contribution in [1.82, 2.24) is 4.90 Å². The predicted molar refractivity (Wildman–Crippen MR) is 80.4 cm³/mol. The summed E-state index contributed by atoms with van der Waals surface area (Å²) in [6, 6.07) is 0. The lowest BCUT2D eigenvalue weighted by atomic mass is 9.86. The van der Waals surface area contributed by atoms with Crippen molar-refractivity contribution in [3.63, 3.8) is 0 Å². The molecule has 0 aromatic heterocycles. The van der Waals surface area contributed by atoms with E-state index in [4.69, 9.17) is 11.1 Å². The number of unbranched alkanes of at least 4 members (excludes halogenated alkanes) is 1. The summed E-state index contributed by atoms with van der Waals surface area (Å²) < 4.78 is 0. The minimum absolute atomic E-state index is 0.153. The van der Waals surface area contributed by atoms with E-state index in [9.17, 15) is 5.11 Å². The number of hydrogen-bond donors (Lipinski definition) is 3. The SMILES string of the molecule is CC(O)C1CCN(CCCCC(C)(C)C(=N)N)CC1. The van der Waals surface area contributed by atoms with Crippen LogP contribution in [-0.4, -0.2) is 41.6 Å². The zero-order valence-corrected chi connectivity index (χ0v) is 12.8. The van der Waals surface area contributed by atoms with Gasteiger partial charge in [0, 0.05) is 5.41 Å². The molecule has 112 valence electrons. The quantitative estimate of drug-likeness (QED) is 0.377. The van der Waals surface area contributed by atoms with Crippen LogP contribution in [0, 0.1) is 16.7 Å². The first kappa shape index (κ1) is 16.4. The largest absolute Gasteiger partial charge is 0.393 e. The van der Waals surface area contributed by atoms with E-state index >= 15 is 0 Å². The molecule has 1 saturated heterocycles. The molecular weight excluding hydrogens is 238 g/mol. The van der Waals surface area contributed by atoms with E-state index in [2.05, 4.69) is 4.90 Å². The summed E-state index contributed by atoms with van der Waals surface area (Å²) in [5, 5.41) is 17.1. The van der Waals surface area contributed by atoms with Gasteiger partial charge in [0.25, 0.3) is 0 Å². The molecule has 0 aromatic rings. The maximum absolute atomic E-state index is 9.57. The fraction of sp³-hybridized carbons (Fsp3) is 0.933. The Labute approximate surface area is 117 Å². The van der Waals surface area contributed by atoms with Crippen LogP contribution in [-0.2, 0) is 0 Å². The zero-order valence-electron chi connectivity index (χ0n) is 12.8. The minimum atomic E-state index is -0.154. The molecule has 19 heavy (non-hydrogen) atoms. The minimum Gasteiger partial charge on any atom is -0.393 e.